The van der Waals surface area contributed by atoms with Gasteiger partial charge in [0.1, 0.15) is 0 Å². The Hall–Kier alpha value is -0.880. The fourth-order valence-corrected chi connectivity index (χ4v) is 0.900. The van der Waals surface area contributed by atoms with Crippen molar-refractivity contribution in [3.63, 3.8) is 0 Å². The molecular weight excluding hydrogens is 328 g/mol. The molecule has 1 N–H and O–H groups in total. The van der Waals surface area contributed by atoms with Crippen LogP contribution >= 0.6 is 0 Å². The summed E-state index contributed by atoms with van der Waals surface area (Å²) < 4.78 is 147. The Morgan fingerprint density at radius 2 is 1.10 bits per heavy atom. The van der Waals surface area contributed by atoms with Crippen molar-refractivity contribution in [1.29, 1.82) is 0 Å². The standard InChI is InChI=1S/C7H4F12O/c8-1-3(10,11)6(16,17)7(18,19)4(12,13)2(9)5(14,15)20/h2,20H,1H2. The molecule has 0 saturated carbocycles. The van der Waals surface area contributed by atoms with E-state index in [2.05, 4.69) is 0 Å². The molecule has 0 radical (unpaired) electrons. The van der Waals surface area contributed by atoms with Crippen LogP contribution in [0.4, 0.5) is 52.7 Å². The van der Waals surface area contributed by atoms with Crippen molar-refractivity contribution in [2.75, 3.05) is 6.67 Å². The van der Waals surface area contributed by atoms with Crippen molar-refractivity contribution in [2.45, 2.75) is 36.0 Å². The second kappa shape index (κ2) is 4.84. The maximum Gasteiger partial charge on any atom is 0.390 e. The van der Waals surface area contributed by atoms with Gasteiger partial charge in [0.2, 0.25) is 0 Å². The fraction of sp³-hybridized carbons (Fsp3) is 1.00. The Labute approximate surface area is 102 Å². The molecule has 0 saturated heterocycles. The van der Waals surface area contributed by atoms with Crippen LogP contribution in [-0.4, -0.2) is 47.8 Å². The summed E-state index contributed by atoms with van der Waals surface area (Å²) in [4.78, 5) is 0. The third-order valence-electron chi connectivity index (χ3n) is 2.06. The van der Waals surface area contributed by atoms with Gasteiger partial charge in [-0.25, -0.2) is 8.78 Å². The number of hydrogen-bond acceptors (Lipinski definition) is 1. The van der Waals surface area contributed by atoms with Crippen molar-refractivity contribution < 1.29 is 57.8 Å². The Kier molecular flexibility index (Phi) is 4.63. The quantitative estimate of drug-likeness (QED) is 0.739. The average molecular weight is 332 g/mol. The van der Waals surface area contributed by atoms with Gasteiger partial charge in [-0.2, -0.15) is 43.9 Å². The van der Waals surface area contributed by atoms with Gasteiger partial charge in [-0.3, -0.25) is 0 Å². The topological polar surface area (TPSA) is 20.2 Å². The van der Waals surface area contributed by atoms with Gasteiger partial charge < -0.3 is 5.11 Å². The molecule has 13 heteroatoms. The van der Waals surface area contributed by atoms with Crippen LogP contribution in [0, 0.1) is 0 Å². The molecule has 0 amide bonds. The first-order chi connectivity index (χ1) is 8.47. The smallest absolute Gasteiger partial charge is 0.334 e. The predicted octanol–water partition coefficient (Wildman–Crippen LogP) is 3.42. The summed E-state index contributed by atoms with van der Waals surface area (Å²) in [5.41, 5.74) is 0. The van der Waals surface area contributed by atoms with E-state index in [1.165, 1.54) is 0 Å². The highest BCUT2D eigenvalue weighted by Gasteiger charge is 2.84. The van der Waals surface area contributed by atoms with Gasteiger partial charge in [0, 0.05) is 0 Å². The molecular formula is C7H4F12O. The molecule has 0 spiro atoms. The molecule has 0 aliphatic heterocycles. The first-order valence-electron chi connectivity index (χ1n) is 4.28. The zero-order valence-corrected chi connectivity index (χ0v) is 8.77. The summed E-state index contributed by atoms with van der Waals surface area (Å²) in [6, 6.07) is 0. The van der Waals surface area contributed by atoms with Crippen molar-refractivity contribution >= 4 is 0 Å². The lowest BCUT2D eigenvalue weighted by atomic mass is 9.95. The van der Waals surface area contributed by atoms with Crippen LogP contribution in [0.1, 0.15) is 0 Å². The molecule has 0 aromatic heterocycles. The van der Waals surface area contributed by atoms with E-state index < -0.39 is 42.6 Å². The van der Waals surface area contributed by atoms with Gasteiger partial charge in [0.05, 0.1) is 0 Å². The Morgan fingerprint density at radius 1 is 0.750 bits per heavy atom. The van der Waals surface area contributed by atoms with E-state index in [-0.39, 0.29) is 0 Å². The highest BCUT2D eigenvalue weighted by atomic mass is 19.4. The molecule has 0 aromatic carbocycles. The van der Waals surface area contributed by atoms with Crippen LogP contribution < -0.4 is 0 Å². The van der Waals surface area contributed by atoms with E-state index in [1.807, 2.05) is 0 Å². The molecule has 0 aliphatic carbocycles. The van der Waals surface area contributed by atoms with Crippen molar-refractivity contribution in [3.05, 3.63) is 0 Å². The largest absolute Gasteiger partial charge is 0.390 e. The van der Waals surface area contributed by atoms with Gasteiger partial charge in [0.25, 0.3) is 6.17 Å². The lowest BCUT2D eigenvalue weighted by molar-refractivity contribution is -0.399. The van der Waals surface area contributed by atoms with Crippen molar-refractivity contribution in [2.24, 2.45) is 0 Å². The zero-order valence-electron chi connectivity index (χ0n) is 8.77. The van der Waals surface area contributed by atoms with Crippen LogP contribution in [-0.2, 0) is 0 Å². The maximum atomic E-state index is 12.6. The molecule has 1 atom stereocenters. The molecule has 0 rings (SSSR count). The summed E-state index contributed by atoms with van der Waals surface area (Å²) in [5, 5.41) is 7.48. The zero-order chi connectivity index (χ0) is 16.8. The lowest BCUT2D eigenvalue weighted by Crippen LogP contribution is -2.67. The van der Waals surface area contributed by atoms with Crippen LogP contribution in [0.5, 0.6) is 0 Å². The van der Waals surface area contributed by atoms with Crippen LogP contribution in [0.2, 0.25) is 0 Å². The molecule has 1 nitrogen and oxygen atoms in total. The van der Waals surface area contributed by atoms with E-state index in [1.54, 1.807) is 0 Å². The highest BCUT2D eigenvalue weighted by Crippen LogP contribution is 2.55. The van der Waals surface area contributed by atoms with Gasteiger partial charge in [0.15, 0.2) is 6.67 Å². The molecule has 122 valence electrons. The molecule has 0 aromatic rings. The average Bonchev–Trinajstić information content (AvgIpc) is 2.25. The Bertz CT molecular complexity index is 344. The van der Waals surface area contributed by atoms with Crippen LogP contribution in [0.25, 0.3) is 0 Å². The molecule has 1 unspecified atom stereocenters. The monoisotopic (exact) mass is 332 g/mol. The number of hydrogen-bond donors (Lipinski definition) is 1. The van der Waals surface area contributed by atoms with Gasteiger partial charge in [-0.05, 0) is 0 Å². The molecule has 0 aliphatic rings. The van der Waals surface area contributed by atoms with E-state index in [9.17, 15) is 52.7 Å². The summed E-state index contributed by atoms with van der Waals surface area (Å²) in [6.07, 6.45) is -11.9. The predicted molar refractivity (Wildman–Crippen MR) is 37.8 cm³/mol. The number of halogens is 12. The fourth-order valence-electron chi connectivity index (χ4n) is 0.900. The van der Waals surface area contributed by atoms with Crippen molar-refractivity contribution in [3.8, 4) is 0 Å². The SMILES string of the molecule is OC(F)(F)C(F)C(F)(F)C(F)(F)C(F)(F)C(F)(F)CF. The summed E-state index contributed by atoms with van der Waals surface area (Å²) >= 11 is 0. The van der Waals surface area contributed by atoms with E-state index in [0.29, 0.717) is 0 Å². The minimum Gasteiger partial charge on any atom is -0.334 e. The van der Waals surface area contributed by atoms with Crippen LogP contribution in [0.15, 0.2) is 0 Å². The van der Waals surface area contributed by atoms with E-state index >= 15 is 0 Å². The Balaban J connectivity index is 5.85. The number of alkyl halides is 12. The van der Waals surface area contributed by atoms with Crippen molar-refractivity contribution in [1.82, 2.24) is 0 Å². The number of aliphatic hydroxyl groups is 1. The van der Waals surface area contributed by atoms with E-state index in [0.717, 1.165) is 0 Å². The third kappa shape index (κ3) is 2.63. The molecule has 0 fully saturated rings. The summed E-state index contributed by atoms with van der Waals surface area (Å²) in [7, 11) is 0. The minimum atomic E-state index is -7.42. The normalized spacial score (nSPS) is 17.2. The number of rotatable bonds is 6. The second-order valence-electron chi connectivity index (χ2n) is 3.56. The first kappa shape index (κ1) is 19.1. The summed E-state index contributed by atoms with van der Waals surface area (Å²) in [5.74, 6) is -28.1. The van der Waals surface area contributed by atoms with E-state index in [4.69, 9.17) is 5.11 Å². The molecule has 0 heterocycles. The maximum absolute atomic E-state index is 12.6. The van der Waals surface area contributed by atoms with Gasteiger partial charge in [-0.1, -0.05) is 0 Å². The second-order valence-corrected chi connectivity index (χ2v) is 3.56. The van der Waals surface area contributed by atoms with Gasteiger partial charge >= 0.3 is 29.8 Å². The molecule has 20 heavy (non-hydrogen) atoms. The summed E-state index contributed by atoms with van der Waals surface area (Å²) in [6.45, 7) is -3.54. The lowest BCUT2D eigenvalue weighted by Gasteiger charge is -2.37. The Morgan fingerprint density at radius 3 is 1.35 bits per heavy atom. The van der Waals surface area contributed by atoms with Gasteiger partial charge in [-0.15, -0.1) is 0 Å². The molecule has 0 bridgehead atoms. The van der Waals surface area contributed by atoms with Crippen LogP contribution in [0.3, 0.4) is 0 Å². The third-order valence-corrected chi connectivity index (χ3v) is 2.06. The minimum absolute atomic E-state index is 3.54. The highest BCUT2D eigenvalue weighted by molar-refractivity contribution is 5.07. The first-order valence-corrected chi connectivity index (χ1v) is 4.28.